The first-order valence-electron chi connectivity index (χ1n) is 4.00. The molecule has 84 valence electrons. The SMILES string of the molecule is CCS(=O)(=O)Nc1cc(F)c(Br)cc1F. The van der Waals surface area contributed by atoms with Crippen LogP contribution in [-0.4, -0.2) is 14.2 Å². The van der Waals surface area contributed by atoms with Crippen LogP contribution >= 0.6 is 15.9 Å². The average Bonchev–Trinajstić information content (AvgIpc) is 2.14. The minimum Gasteiger partial charge on any atom is -0.280 e. The van der Waals surface area contributed by atoms with Crippen molar-refractivity contribution in [2.24, 2.45) is 0 Å². The third kappa shape index (κ3) is 3.13. The molecule has 0 aliphatic heterocycles. The van der Waals surface area contributed by atoms with Crippen molar-refractivity contribution in [3.05, 3.63) is 28.2 Å². The summed E-state index contributed by atoms with van der Waals surface area (Å²) in [6.07, 6.45) is 0. The van der Waals surface area contributed by atoms with Gasteiger partial charge in [0.25, 0.3) is 0 Å². The molecule has 3 nitrogen and oxygen atoms in total. The Bertz CT molecular complexity index is 476. The summed E-state index contributed by atoms with van der Waals surface area (Å²) in [6, 6.07) is 1.65. The molecule has 0 radical (unpaired) electrons. The van der Waals surface area contributed by atoms with Crippen LogP contribution in [0, 0.1) is 11.6 Å². The lowest BCUT2D eigenvalue weighted by Gasteiger charge is -2.07. The maximum absolute atomic E-state index is 13.2. The molecule has 0 heterocycles. The van der Waals surface area contributed by atoms with Crippen LogP contribution in [-0.2, 0) is 10.0 Å². The van der Waals surface area contributed by atoms with Crippen molar-refractivity contribution in [1.82, 2.24) is 0 Å². The highest BCUT2D eigenvalue weighted by atomic mass is 79.9. The predicted octanol–water partition coefficient (Wildman–Crippen LogP) is 2.49. The molecule has 0 saturated carbocycles. The fourth-order valence-electron chi connectivity index (χ4n) is 0.840. The second-order valence-corrected chi connectivity index (χ2v) is 5.62. The van der Waals surface area contributed by atoms with Gasteiger partial charge in [-0.3, -0.25) is 4.72 Å². The van der Waals surface area contributed by atoms with Gasteiger partial charge in [-0.2, -0.15) is 0 Å². The van der Waals surface area contributed by atoms with Crippen molar-refractivity contribution < 1.29 is 17.2 Å². The number of sulfonamides is 1. The van der Waals surface area contributed by atoms with Crippen molar-refractivity contribution in [2.45, 2.75) is 6.92 Å². The molecule has 1 N–H and O–H groups in total. The van der Waals surface area contributed by atoms with Gasteiger partial charge >= 0.3 is 0 Å². The van der Waals surface area contributed by atoms with Gasteiger partial charge in [-0.15, -0.1) is 0 Å². The fourth-order valence-corrected chi connectivity index (χ4v) is 1.79. The standard InChI is InChI=1S/C8H8BrF2NO2S/c1-2-15(13,14)12-8-4-6(10)5(9)3-7(8)11/h3-4,12H,2H2,1H3. The molecule has 0 amide bonds. The van der Waals surface area contributed by atoms with E-state index in [-0.39, 0.29) is 10.2 Å². The molecule has 1 aromatic rings. The van der Waals surface area contributed by atoms with Crippen LogP contribution in [0.2, 0.25) is 0 Å². The van der Waals surface area contributed by atoms with Crippen molar-refractivity contribution in [1.29, 1.82) is 0 Å². The molecular formula is C8H8BrF2NO2S. The number of rotatable bonds is 3. The Morgan fingerprint density at radius 2 is 1.93 bits per heavy atom. The number of benzene rings is 1. The van der Waals surface area contributed by atoms with E-state index in [2.05, 4.69) is 15.9 Å². The van der Waals surface area contributed by atoms with Crippen molar-refractivity contribution in [3.63, 3.8) is 0 Å². The molecule has 1 rings (SSSR count). The number of halogens is 3. The Balaban J connectivity index is 3.12. The summed E-state index contributed by atoms with van der Waals surface area (Å²) in [6.45, 7) is 1.40. The zero-order valence-electron chi connectivity index (χ0n) is 7.72. The third-order valence-electron chi connectivity index (χ3n) is 1.66. The van der Waals surface area contributed by atoms with E-state index in [0.29, 0.717) is 0 Å². The van der Waals surface area contributed by atoms with Crippen molar-refractivity contribution >= 4 is 31.6 Å². The Kier molecular flexibility index (Phi) is 3.67. The molecule has 15 heavy (non-hydrogen) atoms. The van der Waals surface area contributed by atoms with E-state index >= 15 is 0 Å². The Morgan fingerprint density at radius 3 is 2.47 bits per heavy atom. The molecule has 7 heteroatoms. The maximum atomic E-state index is 13.2. The fraction of sp³-hybridized carbons (Fsp3) is 0.250. The van der Waals surface area contributed by atoms with Crippen LogP contribution < -0.4 is 4.72 Å². The predicted molar refractivity (Wildman–Crippen MR) is 57.1 cm³/mol. The van der Waals surface area contributed by atoms with E-state index in [4.69, 9.17) is 0 Å². The van der Waals surface area contributed by atoms with Gasteiger partial charge in [0, 0.05) is 6.07 Å². The highest BCUT2D eigenvalue weighted by molar-refractivity contribution is 9.10. The highest BCUT2D eigenvalue weighted by Gasteiger charge is 2.13. The number of anilines is 1. The van der Waals surface area contributed by atoms with E-state index in [1.165, 1.54) is 6.92 Å². The van der Waals surface area contributed by atoms with Crippen LogP contribution in [0.15, 0.2) is 16.6 Å². The van der Waals surface area contributed by atoms with Crippen LogP contribution in [0.3, 0.4) is 0 Å². The van der Waals surface area contributed by atoms with Gasteiger partial charge in [0.15, 0.2) is 0 Å². The summed E-state index contributed by atoms with van der Waals surface area (Å²) in [5, 5.41) is 0. The van der Waals surface area contributed by atoms with Crippen LogP contribution in [0.4, 0.5) is 14.5 Å². The highest BCUT2D eigenvalue weighted by Crippen LogP contribution is 2.23. The van der Waals surface area contributed by atoms with E-state index in [1.807, 2.05) is 4.72 Å². The summed E-state index contributed by atoms with van der Waals surface area (Å²) >= 11 is 2.78. The summed E-state index contributed by atoms with van der Waals surface area (Å²) in [4.78, 5) is 0. The first kappa shape index (κ1) is 12.4. The van der Waals surface area contributed by atoms with Gasteiger partial charge < -0.3 is 0 Å². The lowest BCUT2D eigenvalue weighted by atomic mass is 10.3. The molecule has 0 unspecified atom stereocenters. The Morgan fingerprint density at radius 1 is 1.33 bits per heavy atom. The summed E-state index contributed by atoms with van der Waals surface area (Å²) in [7, 11) is -3.60. The smallest absolute Gasteiger partial charge is 0.232 e. The molecule has 0 saturated heterocycles. The number of hydrogen-bond acceptors (Lipinski definition) is 2. The van der Waals surface area contributed by atoms with Crippen molar-refractivity contribution in [3.8, 4) is 0 Å². The molecule has 0 fully saturated rings. The third-order valence-corrected chi connectivity index (χ3v) is 3.55. The van der Waals surface area contributed by atoms with E-state index in [0.717, 1.165) is 12.1 Å². The van der Waals surface area contributed by atoms with E-state index < -0.39 is 27.3 Å². The first-order chi connectivity index (χ1) is 6.85. The van der Waals surface area contributed by atoms with Crippen molar-refractivity contribution in [2.75, 3.05) is 10.5 Å². The van der Waals surface area contributed by atoms with Crippen LogP contribution in [0.5, 0.6) is 0 Å². The maximum Gasteiger partial charge on any atom is 0.232 e. The molecule has 0 aliphatic rings. The van der Waals surface area contributed by atoms with Gasteiger partial charge in [-0.25, -0.2) is 17.2 Å². The molecule has 0 spiro atoms. The summed E-state index contributed by atoms with van der Waals surface area (Å²) in [5.41, 5.74) is -0.391. The lowest BCUT2D eigenvalue weighted by Crippen LogP contribution is -2.15. The average molecular weight is 300 g/mol. The molecule has 0 aliphatic carbocycles. The zero-order valence-corrected chi connectivity index (χ0v) is 10.1. The molecule has 0 aromatic heterocycles. The molecule has 1 aromatic carbocycles. The summed E-state index contributed by atoms with van der Waals surface area (Å²) in [5.74, 6) is -1.77. The lowest BCUT2D eigenvalue weighted by molar-refractivity contribution is 0.592. The van der Waals surface area contributed by atoms with Crippen LogP contribution in [0.1, 0.15) is 6.92 Å². The first-order valence-corrected chi connectivity index (χ1v) is 6.45. The Labute approximate surface area is 94.7 Å². The van der Waals surface area contributed by atoms with Gasteiger partial charge in [0.2, 0.25) is 10.0 Å². The second-order valence-electron chi connectivity index (χ2n) is 2.75. The summed E-state index contributed by atoms with van der Waals surface area (Å²) < 4.78 is 50.3. The minimum atomic E-state index is -3.60. The Hall–Kier alpha value is -0.690. The minimum absolute atomic E-state index is 0.0561. The largest absolute Gasteiger partial charge is 0.280 e. The van der Waals surface area contributed by atoms with Gasteiger partial charge in [-0.05, 0) is 28.9 Å². The van der Waals surface area contributed by atoms with E-state index in [9.17, 15) is 17.2 Å². The number of hydrogen-bond donors (Lipinski definition) is 1. The van der Waals surface area contributed by atoms with Gasteiger partial charge in [0.05, 0.1) is 15.9 Å². The van der Waals surface area contributed by atoms with Gasteiger partial charge in [-0.1, -0.05) is 0 Å². The van der Waals surface area contributed by atoms with Gasteiger partial charge in [0.1, 0.15) is 11.6 Å². The quantitative estimate of drug-likeness (QED) is 0.872. The molecule has 0 bridgehead atoms. The second kappa shape index (κ2) is 4.44. The number of nitrogens with one attached hydrogen (secondary N) is 1. The molecular weight excluding hydrogens is 292 g/mol. The molecule has 0 atom stereocenters. The topological polar surface area (TPSA) is 46.2 Å². The monoisotopic (exact) mass is 299 g/mol. The van der Waals surface area contributed by atoms with E-state index in [1.54, 1.807) is 0 Å². The van der Waals surface area contributed by atoms with Crippen LogP contribution in [0.25, 0.3) is 0 Å². The normalized spacial score (nSPS) is 11.5. The zero-order chi connectivity index (χ0) is 11.6.